The zero-order valence-corrected chi connectivity index (χ0v) is 17.3. The maximum absolute atomic E-state index is 12.2. The van der Waals surface area contributed by atoms with Gasteiger partial charge in [-0.05, 0) is 35.9 Å². The molecule has 4 rings (SSSR count). The van der Waals surface area contributed by atoms with E-state index in [9.17, 15) is 9.90 Å². The highest BCUT2D eigenvalue weighted by Crippen LogP contribution is 2.40. The molecule has 5 N–H and O–H groups in total. The lowest BCUT2D eigenvalue weighted by atomic mass is 10.0. The normalized spacial score (nSPS) is 10.9. The fraction of sp³-hybridized carbons (Fsp3) is 0.0952. The van der Waals surface area contributed by atoms with Crippen molar-refractivity contribution in [3.05, 3.63) is 64.8 Å². The SMILES string of the molecule is Nc1ncnc2sc(CCO)c(-c3ccc(NC(=O)Nc4cccc(Cl)c4)cc3)c12. The van der Waals surface area contributed by atoms with Crippen molar-refractivity contribution in [3.63, 3.8) is 0 Å². The summed E-state index contributed by atoms with van der Waals surface area (Å²) in [7, 11) is 0. The summed E-state index contributed by atoms with van der Waals surface area (Å²) in [5.41, 5.74) is 9.16. The average Bonchev–Trinajstić information content (AvgIpc) is 3.08. The standard InChI is InChI=1S/C21H18ClN5O2S/c22-13-2-1-3-15(10-13)27-21(29)26-14-6-4-12(5-7-14)17-16(8-9-28)30-20-18(17)19(23)24-11-25-20/h1-7,10-11,28H,8-9H2,(H2,23,24,25)(H2,26,27,29). The molecule has 0 saturated heterocycles. The predicted molar refractivity (Wildman–Crippen MR) is 122 cm³/mol. The van der Waals surface area contributed by atoms with Gasteiger partial charge in [-0.15, -0.1) is 11.3 Å². The Hall–Kier alpha value is -3.20. The minimum Gasteiger partial charge on any atom is -0.396 e. The molecule has 7 nitrogen and oxygen atoms in total. The lowest BCUT2D eigenvalue weighted by Crippen LogP contribution is -2.19. The second-order valence-corrected chi connectivity index (χ2v) is 8.00. The van der Waals surface area contributed by atoms with E-state index in [1.54, 1.807) is 36.4 Å². The molecule has 30 heavy (non-hydrogen) atoms. The number of hydrogen-bond donors (Lipinski definition) is 4. The predicted octanol–water partition coefficient (Wildman–Crippen LogP) is 4.77. The number of hydrogen-bond acceptors (Lipinski definition) is 6. The van der Waals surface area contributed by atoms with E-state index in [0.29, 0.717) is 28.6 Å². The number of anilines is 3. The molecule has 0 fully saturated rings. The number of nitrogens with one attached hydrogen (secondary N) is 2. The molecule has 0 aliphatic carbocycles. The first-order valence-electron chi connectivity index (χ1n) is 9.12. The molecule has 0 saturated carbocycles. The molecule has 0 unspecified atom stereocenters. The number of carbonyl (C=O) groups excluding carboxylic acids is 1. The summed E-state index contributed by atoms with van der Waals surface area (Å²) in [6, 6.07) is 13.9. The second kappa shape index (κ2) is 8.66. The molecule has 0 radical (unpaired) electrons. The van der Waals surface area contributed by atoms with E-state index < -0.39 is 0 Å². The lowest BCUT2D eigenvalue weighted by Gasteiger charge is -2.10. The summed E-state index contributed by atoms with van der Waals surface area (Å²) < 4.78 is 0. The van der Waals surface area contributed by atoms with Crippen LogP contribution in [0.15, 0.2) is 54.9 Å². The van der Waals surface area contributed by atoms with Gasteiger partial charge in [0, 0.05) is 39.9 Å². The zero-order chi connectivity index (χ0) is 21.1. The first kappa shape index (κ1) is 20.1. The third-order valence-corrected chi connectivity index (χ3v) is 5.84. The Morgan fingerprint density at radius 1 is 1.10 bits per heavy atom. The molecule has 9 heteroatoms. The molecule has 0 atom stereocenters. The largest absolute Gasteiger partial charge is 0.396 e. The number of halogens is 1. The Morgan fingerprint density at radius 2 is 1.87 bits per heavy atom. The number of fused-ring (bicyclic) bond motifs is 1. The van der Waals surface area contributed by atoms with Crippen molar-refractivity contribution in [2.24, 2.45) is 0 Å². The molecule has 2 heterocycles. The number of aliphatic hydroxyl groups is 1. The van der Waals surface area contributed by atoms with Gasteiger partial charge in [-0.25, -0.2) is 14.8 Å². The van der Waals surface area contributed by atoms with Crippen LogP contribution < -0.4 is 16.4 Å². The van der Waals surface area contributed by atoms with E-state index in [2.05, 4.69) is 20.6 Å². The Kier molecular flexibility index (Phi) is 5.80. The fourth-order valence-electron chi connectivity index (χ4n) is 3.16. The highest BCUT2D eigenvalue weighted by molar-refractivity contribution is 7.19. The number of thiophene rings is 1. The summed E-state index contributed by atoms with van der Waals surface area (Å²) in [5, 5.41) is 16.3. The number of nitrogens with zero attached hydrogens (tertiary/aromatic N) is 2. The molecule has 2 aromatic heterocycles. The number of aliphatic hydroxyl groups excluding tert-OH is 1. The molecule has 2 amide bonds. The number of amides is 2. The van der Waals surface area contributed by atoms with Crippen LogP contribution in [0.2, 0.25) is 5.02 Å². The second-order valence-electron chi connectivity index (χ2n) is 6.48. The van der Waals surface area contributed by atoms with Crippen molar-refractivity contribution in [2.75, 3.05) is 23.0 Å². The summed E-state index contributed by atoms with van der Waals surface area (Å²) in [6.45, 7) is 0.0243. The first-order chi connectivity index (χ1) is 14.5. The van der Waals surface area contributed by atoms with Gasteiger partial charge < -0.3 is 21.5 Å². The van der Waals surface area contributed by atoms with E-state index in [1.165, 1.54) is 17.7 Å². The minimum atomic E-state index is -0.371. The van der Waals surface area contributed by atoms with Crippen LogP contribution in [0.25, 0.3) is 21.3 Å². The maximum atomic E-state index is 12.2. The minimum absolute atomic E-state index is 0.0243. The molecule has 0 aliphatic rings. The number of rotatable bonds is 5. The van der Waals surface area contributed by atoms with Crippen molar-refractivity contribution in [2.45, 2.75) is 6.42 Å². The van der Waals surface area contributed by atoms with Crippen LogP contribution in [-0.4, -0.2) is 27.7 Å². The fourth-order valence-corrected chi connectivity index (χ4v) is 4.51. The summed E-state index contributed by atoms with van der Waals surface area (Å²) >= 11 is 7.43. The van der Waals surface area contributed by atoms with Gasteiger partial charge in [0.05, 0.1) is 5.39 Å². The van der Waals surface area contributed by atoms with Crippen LogP contribution in [0.5, 0.6) is 0 Å². The van der Waals surface area contributed by atoms with Crippen LogP contribution in [0.3, 0.4) is 0 Å². The zero-order valence-electron chi connectivity index (χ0n) is 15.7. The van der Waals surface area contributed by atoms with Crippen LogP contribution >= 0.6 is 22.9 Å². The molecule has 0 spiro atoms. The highest BCUT2D eigenvalue weighted by atomic mass is 35.5. The highest BCUT2D eigenvalue weighted by Gasteiger charge is 2.17. The molecule has 4 aromatic rings. The molecular formula is C21H18ClN5O2S. The van der Waals surface area contributed by atoms with E-state index in [4.69, 9.17) is 17.3 Å². The van der Waals surface area contributed by atoms with Crippen molar-refractivity contribution in [3.8, 4) is 11.1 Å². The molecular weight excluding hydrogens is 422 g/mol. The first-order valence-corrected chi connectivity index (χ1v) is 10.3. The van der Waals surface area contributed by atoms with E-state index in [-0.39, 0.29) is 12.6 Å². The Morgan fingerprint density at radius 3 is 2.60 bits per heavy atom. The van der Waals surface area contributed by atoms with Crippen LogP contribution in [-0.2, 0) is 6.42 Å². The van der Waals surface area contributed by atoms with Crippen molar-refractivity contribution < 1.29 is 9.90 Å². The van der Waals surface area contributed by atoms with Gasteiger partial charge in [-0.1, -0.05) is 29.8 Å². The van der Waals surface area contributed by atoms with E-state index in [0.717, 1.165) is 26.2 Å². The van der Waals surface area contributed by atoms with Crippen molar-refractivity contribution in [1.29, 1.82) is 0 Å². The number of carbonyl (C=O) groups is 1. The van der Waals surface area contributed by atoms with E-state index >= 15 is 0 Å². The van der Waals surface area contributed by atoms with E-state index in [1.807, 2.05) is 12.1 Å². The van der Waals surface area contributed by atoms with Crippen LogP contribution in [0.4, 0.5) is 22.0 Å². The van der Waals surface area contributed by atoms with Gasteiger partial charge in [-0.3, -0.25) is 0 Å². The van der Waals surface area contributed by atoms with Gasteiger partial charge in [0.25, 0.3) is 0 Å². The quantitative estimate of drug-likeness (QED) is 0.357. The summed E-state index contributed by atoms with van der Waals surface area (Å²) in [6.07, 6.45) is 1.93. The summed E-state index contributed by atoms with van der Waals surface area (Å²) in [4.78, 5) is 22.4. The number of nitrogen functional groups attached to an aromatic ring is 1. The van der Waals surface area contributed by atoms with Crippen LogP contribution in [0.1, 0.15) is 4.88 Å². The maximum Gasteiger partial charge on any atom is 0.323 e. The van der Waals surface area contributed by atoms with Crippen LogP contribution in [0, 0.1) is 0 Å². The van der Waals surface area contributed by atoms with Gasteiger partial charge in [0.1, 0.15) is 17.0 Å². The van der Waals surface area contributed by atoms with Gasteiger partial charge in [-0.2, -0.15) is 0 Å². The molecule has 0 aliphatic heterocycles. The number of urea groups is 1. The third-order valence-electron chi connectivity index (χ3n) is 4.44. The summed E-state index contributed by atoms with van der Waals surface area (Å²) in [5.74, 6) is 0.401. The third kappa shape index (κ3) is 4.20. The Balaban J connectivity index is 1.58. The molecule has 152 valence electrons. The molecule has 0 bridgehead atoms. The van der Waals surface area contributed by atoms with Gasteiger partial charge in [0.2, 0.25) is 0 Å². The van der Waals surface area contributed by atoms with Crippen molar-refractivity contribution in [1.82, 2.24) is 9.97 Å². The smallest absolute Gasteiger partial charge is 0.323 e. The average molecular weight is 440 g/mol. The van der Waals surface area contributed by atoms with Crippen molar-refractivity contribution >= 4 is 56.4 Å². The Bertz CT molecular complexity index is 1210. The topological polar surface area (TPSA) is 113 Å². The number of nitrogens with two attached hydrogens (primary N) is 1. The van der Waals surface area contributed by atoms with Gasteiger partial charge >= 0.3 is 6.03 Å². The molecule has 2 aromatic carbocycles. The number of benzene rings is 2. The Labute approximate surface area is 181 Å². The monoisotopic (exact) mass is 439 g/mol. The van der Waals surface area contributed by atoms with Gasteiger partial charge in [0.15, 0.2) is 0 Å². The number of aromatic nitrogens is 2. The lowest BCUT2D eigenvalue weighted by molar-refractivity contribution is 0.262.